The summed E-state index contributed by atoms with van der Waals surface area (Å²) in [5.74, 6) is 0. The smallest absolute Gasteiger partial charge is 0.394 e. The van der Waals surface area contributed by atoms with Crippen LogP contribution in [0.2, 0.25) is 0 Å². The number of benzene rings is 1. The number of oxazole rings is 1. The van der Waals surface area contributed by atoms with Crippen LogP contribution in [0.1, 0.15) is 31.2 Å². The second-order valence-electron chi connectivity index (χ2n) is 4.70. The van der Waals surface area contributed by atoms with Gasteiger partial charge in [0.15, 0.2) is 5.58 Å². The van der Waals surface area contributed by atoms with Crippen molar-refractivity contribution < 1.29 is 9.15 Å². The number of nitrogens with two attached hydrogens (primary N) is 1. The minimum atomic E-state index is -0.249. The minimum Gasteiger partial charge on any atom is -0.453 e. The third-order valence-electron chi connectivity index (χ3n) is 3.61. The van der Waals surface area contributed by atoms with Gasteiger partial charge in [0, 0.05) is 11.1 Å². The fraction of sp³-hybridized carbons (Fsp3) is 0.462. The number of hydrogen-bond donors (Lipinski definition) is 1. The molecule has 0 amide bonds. The lowest BCUT2D eigenvalue weighted by atomic mass is 9.88. The van der Waals surface area contributed by atoms with Crippen molar-refractivity contribution in [3.63, 3.8) is 0 Å². The molecule has 0 radical (unpaired) electrons. The number of hydrogen-bond acceptors (Lipinski definition) is 4. The molecule has 0 bridgehead atoms. The highest BCUT2D eigenvalue weighted by Gasteiger charge is 2.33. The van der Waals surface area contributed by atoms with Crippen LogP contribution >= 0.6 is 0 Å². The van der Waals surface area contributed by atoms with Gasteiger partial charge in [-0.15, -0.1) is 0 Å². The summed E-state index contributed by atoms with van der Waals surface area (Å²) in [7, 11) is 1.55. The van der Waals surface area contributed by atoms with Gasteiger partial charge in [-0.3, -0.25) is 0 Å². The molecule has 1 heterocycles. The molecule has 3 rings (SSSR count). The molecule has 4 nitrogen and oxygen atoms in total. The lowest BCUT2D eigenvalue weighted by molar-refractivity contribution is 0.299. The molecular weight excluding hydrogens is 216 g/mol. The van der Waals surface area contributed by atoms with E-state index in [0.717, 1.165) is 29.5 Å². The number of methoxy groups -OCH3 is 1. The van der Waals surface area contributed by atoms with Crippen molar-refractivity contribution in [3.8, 4) is 6.08 Å². The van der Waals surface area contributed by atoms with Gasteiger partial charge < -0.3 is 14.9 Å². The summed E-state index contributed by atoms with van der Waals surface area (Å²) in [6.45, 7) is 0. The lowest BCUT2D eigenvalue weighted by Gasteiger charge is -2.23. The van der Waals surface area contributed by atoms with Crippen molar-refractivity contribution in [1.29, 1.82) is 0 Å². The van der Waals surface area contributed by atoms with E-state index in [1.165, 1.54) is 12.8 Å². The molecule has 2 aromatic rings. The van der Waals surface area contributed by atoms with Crippen molar-refractivity contribution in [2.45, 2.75) is 31.2 Å². The molecule has 0 saturated heterocycles. The van der Waals surface area contributed by atoms with Crippen molar-refractivity contribution in [1.82, 2.24) is 4.98 Å². The van der Waals surface area contributed by atoms with Gasteiger partial charge >= 0.3 is 6.08 Å². The van der Waals surface area contributed by atoms with Gasteiger partial charge in [0.25, 0.3) is 0 Å². The monoisotopic (exact) mass is 232 g/mol. The number of nitrogens with zero attached hydrogens (tertiary/aromatic N) is 1. The molecule has 4 heteroatoms. The number of para-hydroxylation sites is 1. The highest BCUT2D eigenvalue weighted by atomic mass is 16.6. The maximum atomic E-state index is 6.47. The Labute approximate surface area is 99.8 Å². The topological polar surface area (TPSA) is 61.3 Å². The molecule has 2 N–H and O–H groups in total. The van der Waals surface area contributed by atoms with Crippen LogP contribution in [0.3, 0.4) is 0 Å². The van der Waals surface area contributed by atoms with Crippen LogP contribution in [0.25, 0.3) is 11.1 Å². The molecule has 1 aliphatic carbocycles. The van der Waals surface area contributed by atoms with Gasteiger partial charge in [0.1, 0.15) is 5.52 Å². The Balaban J connectivity index is 2.18. The molecule has 17 heavy (non-hydrogen) atoms. The van der Waals surface area contributed by atoms with Gasteiger partial charge in [-0.1, -0.05) is 25.0 Å². The predicted molar refractivity (Wildman–Crippen MR) is 64.9 cm³/mol. The first-order valence-corrected chi connectivity index (χ1v) is 5.96. The number of ether oxygens (including phenoxy) is 1. The average molecular weight is 232 g/mol. The molecule has 0 aliphatic heterocycles. The Morgan fingerprint density at radius 1 is 1.35 bits per heavy atom. The zero-order chi connectivity index (χ0) is 11.9. The predicted octanol–water partition coefficient (Wildman–Crippen LogP) is 2.56. The normalized spacial score (nSPS) is 18.7. The molecule has 0 unspecified atom stereocenters. The van der Waals surface area contributed by atoms with E-state index in [4.69, 9.17) is 14.9 Å². The summed E-state index contributed by atoms with van der Waals surface area (Å²) >= 11 is 0. The standard InChI is InChI=1S/C13H16N2O2/c1-16-12-15-11-9(5-4-6-10(11)17-12)13(14)7-2-3-8-13/h4-6H,2-3,7-8,14H2,1H3. The van der Waals surface area contributed by atoms with Gasteiger partial charge in [-0.05, 0) is 18.9 Å². The first-order chi connectivity index (χ1) is 8.23. The Morgan fingerprint density at radius 2 is 2.12 bits per heavy atom. The van der Waals surface area contributed by atoms with Crippen LogP contribution in [0, 0.1) is 0 Å². The summed E-state index contributed by atoms with van der Waals surface area (Å²) < 4.78 is 10.5. The van der Waals surface area contributed by atoms with Crippen molar-refractivity contribution in [2.24, 2.45) is 5.73 Å². The number of fused-ring (bicyclic) bond motifs is 1. The Bertz CT molecular complexity index is 541. The molecule has 90 valence electrons. The van der Waals surface area contributed by atoms with Crippen molar-refractivity contribution >= 4 is 11.1 Å². The second kappa shape index (κ2) is 3.74. The van der Waals surface area contributed by atoms with Crippen LogP contribution < -0.4 is 10.5 Å². The van der Waals surface area contributed by atoms with Crippen LogP contribution in [0.5, 0.6) is 6.08 Å². The maximum Gasteiger partial charge on any atom is 0.394 e. The van der Waals surface area contributed by atoms with Gasteiger partial charge in [0.2, 0.25) is 0 Å². The van der Waals surface area contributed by atoms with E-state index in [1.807, 2.05) is 12.1 Å². The molecule has 0 spiro atoms. The molecule has 1 saturated carbocycles. The van der Waals surface area contributed by atoms with Gasteiger partial charge in [0.05, 0.1) is 7.11 Å². The van der Waals surface area contributed by atoms with Crippen LogP contribution in [-0.2, 0) is 5.54 Å². The van der Waals surface area contributed by atoms with Crippen LogP contribution in [-0.4, -0.2) is 12.1 Å². The molecule has 0 atom stereocenters. The summed E-state index contributed by atoms with van der Waals surface area (Å²) in [6, 6.07) is 5.91. The fourth-order valence-electron chi connectivity index (χ4n) is 2.69. The zero-order valence-electron chi connectivity index (χ0n) is 9.90. The summed E-state index contributed by atoms with van der Waals surface area (Å²) in [5, 5.41) is 0. The zero-order valence-corrected chi connectivity index (χ0v) is 9.90. The Hall–Kier alpha value is -1.55. The quantitative estimate of drug-likeness (QED) is 0.864. The first kappa shape index (κ1) is 10.6. The molecule has 1 aliphatic rings. The van der Waals surface area contributed by atoms with Gasteiger partial charge in [-0.25, -0.2) is 0 Å². The Morgan fingerprint density at radius 3 is 2.82 bits per heavy atom. The largest absolute Gasteiger partial charge is 0.453 e. The fourth-order valence-corrected chi connectivity index (χ4v) is 2.69. The number of rotatable bonds is 2. The van der Waals surface area contributed by atoms with Crippen molar-refractivity contribution in [2.75, 3.05) is 7.11 Å². The third kappa shape index (κ3) is 1.60. The van der Waals surface area contributed by atoms with E-state index in [1.54, 1.807) is 7.11 Å². The van der Waals surface area contributed by atoms with Crippen LogP contribution in [0.4, 0.5) is 0 Å². The summed E-state index contributed by atoms with van der Waals surface area (Å²) in [4.78, 5) is 4.35. The average Bonchev–Trinajstić information content (AvgIpc) is 2.94. The highest BCUT2D eigenvalue weighted by molar-refractivity contribution is 5.78. The van der Waals surface area contributed by atoms with E-state index in [0.29, 0.717) is 6.08 Å². The van der Waals surface area contributed by atoms with E-state index in [2.05, 4.69) is 11.1 Å². The summed E-state index contributed by atoms with van der Waals surface area (Å²) in [5.41, 5.74) is 8.90. The molecule has 1 fully saturated rings. The lowest BCUT2D eigenvalue weighted by Crippen LogP contribution is -2.33. The maximum absolute atomic E-state index is 6.47. The molecule has 1 aromatic heterocycles. The SMILES string of the molecule is COc1nc2c(C3(N)CCCC3)cccc2o1. The molecule has 1 aromatic carbocycles. The number of aromatic nitrogens is 1. The summed E-state index contributed by atoms with van der Waals surface area (Å²) in [6.07, 6.45) is 4.70. The van der Waals surface area contributed by atoms with E-state index in [-0.39, 0.29) is 5.54 Å². The van der Waals surface area contributed by atoms with E-state index in [9.17, 15) is 0 Å². The van der Waals surface area contributed by atoms with E-state index < -0.39 is 0 Å². The minimum absolute atomic E-state index is 0.249. The second-order valence-corrected chi connectivity index (χ2v) is 4.70. The van der Waals surface area contributed by atoms with Crippen LogP contribution in [0.15, 0.2) is 22.6 Å². The van der Waals surface area contributed by atoms with Gasteiger partial charge in [-0.2, -0.15) is 4.98 Å². The first-order valence-electron chi connectivity index (χ1n) is 5.96. The molecular formula is C13H16N2O2. The highest BCUT2D eigenvalue weighted by Crippen LogP contribution is 2.39. The third-order valence-corrected chi connectivity index (χ3v) is 3.61. The van der Waals surface area contributed by atoms with Crippen molar-refractivity contribution in [3.05, 3.63) is 23.8 Å². The Kier molecular flexibility index (Phi) is 2.33. The van der Waals surface area contributed by atoms with E-state index >= 15 is 0 Å².